The van der Waals surface area contributed by atoms with Crippen molar-refractivity contribution in [2.24, 2.45) is 11.8 Å². The van der Waals surface area contributed by atoms with E-state index >= 15 is 8.78 Å². The summed E-state index contributed by atoms with van der Waals surface area (Å²) < 4.78 is 38.7. The lowest BCUT2D eigenvalue weighted by Gasteiger charge is -2.42. The van der Waals surface area contributed by atoms with Gasteiger partial charge in [-0.2, -0.15) is 4.39 Å². The maximum Gasteiger partial charge on any atom is 0.407 e. The largest absolute Gasteiger partial charge is 0.465 e. The Balaban J connectivity index is 0.981. The molecule has 2 saturated heterocycles. The molecule has 276 valence electrons. The summed E-state index contributed by atoms with van der Waals surface area (Å²) in [4.78, 5) is 35.2. The fourth-order valence-corrected chi connectivity index (χ4v) is 7.70. The van der Waals surface area contributed by atoms with Gasteiger partial charge in [-0.1, -0.05) is 25.1 Å². The molecule has 7 rings (SSSR count). The van der Waals surface area contributed by atoms with Gasteiger partial charge >= 0.3 is 6.09 Å². The lowest BCUT2D eigenvalue weighted by Crippen LogP contribution is -2.53. The van der Waals surface area contributed by atoms with E-state index in [0.29, 0.717) is 72.1 Å². The van der Waals surface area contributed by atoms with Crippen LogP contribution >= 0.6 is 0 Å². The minimum absolute atomic E-state index is 0.0237. The molecule has 5 aromatic rings. The summed E-state index contributed by atoms with van der Waals surface area (Å²) in [6, 6.07) is 17.0. The van der Waals surface area contributed by atoms with Crippen molar-refractivity contribution in [3.63, 3.8) is 0 Å². The molecule has 53 heavy (non-hydrogen) atoms. The zero-order chi connectivity index (χ0) is 37.1. The number of piperidine rings is 1. The Labute approximate surface area is 306 Å². The normalized spacial score (nSPS) is 20.0. The molecule has 3 aromatic carbocycles. The number of nitrogens with zero attached hydrogens (tertiary/aromatic N) is 5. The lowest BCUT2D eigenvalue weighted by molar-refractivity contribution is -0.918. The van der Waals surface area contributed by atoms with Gasteiger partial charge in [0.1, 0.15) is 5.75 Å². The monoisotopic (exact) mass is 724 g/mol. The number of rotatable bonds is 11. The molecule has 2 aliphatic heterocycles. The number of anilines is 2. The van der Waals surface area contributed by atoms with Gasteiger partial charge in [-0.05, 0) is 66.8 Å². The number of halogens is 2. The Morgan fingerprint density at radius 1 is 1.00 bits per heavy atom. The number of nitrogens with one attached hydrogen (secondary N) is 2. The quantitative estimate of drug-likeness (QED) is 0.122. The first-order valence-electron chi connectivity index (χ1n) is 18.1. The Kier molecular flexibility index (Phi) is 10.3. The third-order valence-electron chi connectivity index (χ3n) is 10.7. The number of likely N-dealkylation sites (tertiary alicyclic amines) is 2. The van der Waals surface area contributed by atoms with E-state index in [4.69, 9.17) is 4.74 Å². The molecule has 2 aliphatic rings. The van der Waals surface area contributed by atoms with Crippen molar-refractivity contribution in [3.8, 4) is 22.8 Å². The predicted molar refractivity (Wildman–Crippen MR) is 198 cm³/mol. The number of carbonyl (C=O) groups excluding carboxylic acids is 1. The van der Waals surface area contributed by atoms with Crippen molar-refractivity contribution in [2.45, 2.75) is 32.6 Å². The second-order valence-corrected chi connectivity index (χ2v) is 14.4. The molecule has 0 aliphatic carbocycles. The van der Waals surface area contributed by atoms with Crippen LogP contribution in [0.5, 0.6) is 11.5 Å². The van der Waals surface area contributed by atoms with Crippen molar-refractivity contribution in [1.29, 1.82) is 0 Å². The maximum absolute atomic E-state index is 15.4. The van der Waals surface area contributed by atoms with Crippen LogP contribution < -0.4 is 15.4 Å². The first kappa shape index (κ1) is 35.8. The number of ether oxygens (including phenoxy) is 1. The van der Waals surface area contributed by atoms with Crippen molar-refractivity contribution in [2.75, 3.05) is 51.6 Å². The molecular formula is C40H44F2N7O4+. The number of aryl methyl sites for hydroxylation is 1. The summed E-state index contributed by atoms with van der Waals surface area (Å²) in [6.07, 6.45) is 7.42. The minimum Gasteiger partial charge on any atom is -0.465 e. The molecule has 4 heterocycles. The highest BCUT2D eigenvalue weighted by Crippen LogP contribution is 2.34. The fraction of sp³-hybridized carbons (Fsp3) is 0.350. The summed E-state index contributed by atoms with van der Waals surface area (Å²) in [5, 5.41) is 15.8. The number of imidazole rings is 1. The molecule has 1 atom stereocenters. The summed E-state index contributed by atoms with van der Waals surface area (Å²) in [7, 11) is 2.27. The number of carbonyl (C=O) groups is 2. The van der Waals surface area contributed by atoms with E-state index in [2.05, 4.69) is 27.6 Å². The van der Waals surface area contributed by atoms with Gasteiger partial charge in [0.25, 0.3) is 5.91 Å². The molecule has 11 nitrogen and oxygen atoms in total. The first-order chi connectivity index (χ1) is 25.6. The number of quaternary nitrogens is 1. The molecule has 0 spiro atoms. The second kappa shape index (κ2) is 15.2. The van der Waals surface area contributed by atoms with E-state index in [1.54, 1.807) is 47.1 Å². The number of para-hydroxylation sites is 1. The average Bonchev–Trinajstić information content (AvgIpc) is 3.82. The van der Waals surface area contributed by atoms with Crippen LogP contribution in [0.2, 0.25) is 0 Å². The third kappa shape index (κ3) is 7.80. The summed E-state index contributed by atoms with van der Waals surface area (Å²) in [6.45, 7) is 6.89. The van der Waals surface area contributed by atoms with Crippen LogP contribution in [0.25, 0.3) is 16.9 Å². The zero-order valence-corrected chi connectivity index (χ0v) is 29.9. The second-order valence-electron chi connectivity index (χ2n) is 14.4. The number of fused-ring (bicyclic) bond motifs is 1. The van der Waals surface area contributed by atoms with Gasteiger partial charge in [0.2, 0.25) is 5.82 Å². The van der Waals surface area contributed by atoms with Gasteiger partial charge in [0.05, 0.1) is 38.6 Å². The summed E-state index contributed by atoms with van der Waals surface area (Å²) in [5.41, 5.74) is 2.98. The fourth-order valence-electron chi connectivity index (χ4n) is 7.70. The van der Waals surface area contributed by atoms with Crippen molar-refractivity contribution in [3.05, 3.63) is 102 Å². The van der Waals surface area contributed by atoms with Gasteiger partial charge in [-0.25, -0.2) is 19.2 Å². The molecular weight excluding hydrogens is 680 g/mol. The highest BCUT2D eigenvalue weighted by atomic mass is 19.2. The first-order valence-corrected chi connectivity index (χ1v) is 18.1. The van der Waals surface area contributed by atoms with Crippen molar-refractivity contribution in [1.82, 2.24) is 24.6 Å². The number of aromatic nitrogens is 3. The molecule has 0 saturated carbocycles. The Morgan fingerprint density at radius 3 is 2.53 bits per heavy atom. The molecule has 2 aromatic heterocycles. The highest BCUT2D eigenvalue weighted by molar-refractivity contribution is 5.96. The lowest BCUT2D eigenvalue weighted by atomic mass is 9.93. The van der Waals surface area contributed by atoms with Crippen molar-refractivity contribution < 1.29 is 32.7 Å². The van der Waals surface area contributed by atoms with E-state index in [0.717, 1.165) is 48.9 Å². The van der Waals surface area contributed by atoms with Crippen LogP contribution in [0.1, 0.15) is 42.1 Å². The molecule has 2 amide bonds. The van der Waals surface area contributed by atoms with Crippen LogP contribution in [0, 0.1) is 23.5 Å². The maximum atomic E-state index is 15.4. The Morgan fingerprint density at radius 2 is 1.79 bits per heavy atom. The van der Waals surface area contributed by atoms with Gasteiger partial charge in [-0.3, -0.25) is 9.20 Å². The van der Waals surface area contributed by atoms with E-state index < -0.39 is 17.7 Å². The number of hydrogen-bond donors (Lipinski definition) is 3. The standard InChI is InChI=1S/C40H43F2N7O4/c1-3-28-21-29(9-10-31(28)39(50)45-22-26-14-19-49(2,20-15-26)25-27-13-17-47(24-27)40(51)52)46-37-38-44-23-33(48(38)18-16-43-37)32-11-12-34(36(42)35(32)41)53-30-7-5-4-6-8-30/h4-12,16,18,21,23,26-27H,3,13-15,17,19-20,22,24-25H2,1-2H3,(H2-,43,45,46,50,51,52)/p+1. The average molecular weight is 725 g/mol. The van der Waals surface area contributed by atoms with E-state index in [-0.39, 0.29) is 17.2 Å². The predicted octanol–water partition coefficient (Wildman–Crippen LogP) is 7.36. The van der Waals surface area contributed by atoms with Gasteiger partial charge in [0, 0.05) is 67.6 Å². The summed E-state index contributed by atoms with van der Waals surface area (Å²) >= 11 is 0. The molecule has 1 unspecified atom stereocenters. The van der Waals surface area contributed by atoms with E-state index in [9.17, 15) is 14.7 Å². The molecule has 0 radical (unpaired) electrons. The highest BCUT2D eigenvalue weighted by Gasteiger charge is 2.36. The Hall–Kier alpha value is -5.56. The molecule has 13 heteroatoms. The smallest absolute Gasteiger partial charge is 0.407 e. The van der Waals surface area contributed by atoms with Crippen LogP contribution in [0.15, 0.2) is 79.3 Å². The van der Waals surface area contributed by atoms with Crippen LogP contribution in [-0.2, 0) is 6.42 Å². The summed E-state index contributed by atoms with van der Waals surface area (Å²) in [5.74, 6) is -0.872. The van der Waals surface area contributed by atoms with Crippen molar-refractivity contribution >= 4 is 29.2 Å². The van der Waals surface area contributed by atoms with Crippen LogP contribution in [-0.4, -0.2) is 87.2 Å². The van der Waals surface area contributed by atoms with Gasteiger partial charge in [-0.15, -0.1) is 0 Å². The van der Waals surface area contributed by atoms with E-state index in [1.807, 2.05) is 25.1 Å². The van der Waals surface area contributed by atoms with Gasteiger partial charge < -0.3 is 29.9 Å². The molecule has 2 fully saturated rings. The number of hydrogen-bond acceptors (Lipinski definition) is 6. The number of carboxylic acid groups (broad SMARTS) is 1. The minimum atomic E-state index is -1.10. The number of amides is 2. The topological polar surface area (TPSA) is 121 Å². The van der Waals surface area contributed by atoms with Crippen LogP contribution in [0.3, 0.4) is 0 Å². The third-order valence-corrected chi connectivity index (χ3v) is 10.7. The SMILES string of the molecule is CCc1cc(Nc2nccn3c(-c4ccc(Oc5ccccc5)c(F)c4F)cnc23)ccc1C(=O)NCC1CC[N+](C)(CC2CCN(C(=O)O)C2)CC1. The van der Waals surface area contributed by atoms with Crippen LogP contribution in [0.4, 0.5) is 25.1 Å². The van der Waals surface area contributed by atoms with Gasteiger partial charge in [0.15, 0.2) is 23.0 Å². The van der Waals surface area contributed by atoms with E-state index in [1.165, 1.54) is 23.2 Å². The number of benzene rings is 3. The molecule has 0 bridgehead atoms. The zero-order valence-electron chi connectivity index (χ0n) is 29.9. The molecule has 3 N–H and O–H groups in total. The Bertz CT molecular complexity index is 2120.